The Morgan fingerprint density at radius 1 is 0.963 bits per heavy atom. The van der Waals surface area contributed by atoms with Crippen LogP contribution in [0.1, 0.15) is 49.8 Å². The number of piperazine rings is 1. The van der Waals surface area contributed by atoms with Gasteiger partial charge in [-0.1, -0.05) is 0 Å². The fraction of sp³-hybridized carbons (Fsp3) is 0.650. The minimum absolute atomic E-state index is 0.0249. The zero-order valence-electron chi connectivity index (χ0n) is 16.8. The van der Waals surface area contributed by atoms with Crippen LogP contribution in [0.4, 0.5) is 10.5 Å². The minimum atomic E-state index is -0.480. The summed E-state index contributed by atoms with van der Waals surface area (Å²) in [5.74, 6) is 0.0249. The zero-order valence-corrected chi connectivity index (χ0v) is 16.8. The van der Waals surface area contributed by atoms with E-state index < -0.39 is 5.60 Å². The molecule has 0 aromatic carbocycles. The number of anilines is 1. The van der Waals surface area contributed by atoms with Crippen LogP contribution < -0.4 is 4.90 Å². The molecule has 0 unspecified atom stereocenters. The molecule has 0 bridgehead atoms. The molecule has 2 aliphatic rings. The van der Waals surface area contributed by atoms with E-state index in [-0.39, 0.29) is 12.0 Å². The molecule has 2 aliphatic heterocycles. The second-order valence-electron chi connectivity index (χ2n) is 8.25. The van der Waals surface area contributed by atoms with Crippen molar-refractivity contribution in [3.8, 4) is 0 Å². The first-order valence-corrected chi connectivity index (χ1v) is 9.74. The number of nitrogens with zero attached hydrogens (tertiary/aromatic N) is 4. The predicted molar refractivity (Wildman–Crippen MR) is 104 cm³/mol. The highest BCUT2D eigenvalue weighted by Crippen LogP contribution is 2.22. The summed E-state index contributed by atoms with van der Waals surface area (Å²) in [5, 5.41) is 0. The van der Waals surface area contributed by atoms with Crippen molar-refractivity contribution >= 4 is 17.7 Å². The molecule has 7 nitrogen and oxygen atoms in total. The molecule has 27 heavy (non-hydrogen) atoms. The van der Waals surface area contributed by atoms with Crippen molar-refractivity contribution in [1.29, 1.82) is 0 Å². The van der Waals surface area contributed by atoms with Gasteiger partial charge in [0.25, 0.3) is 5.91 Å². The van der Waals surface area contributed by atoms with Crippen LogP contribution >= 0.6 is 0 Å². The van der Waals surface area contributed by atoms with Crippen molar-refractivity contribution in [2.45, 2.75) is 46.1 Å². The molecular formula is C20H30N4O3. The summed E-state index contributed by atoms with van der Waals surface area (Å²) in [7, 11) is 0. The van der Waals surface area contributed by atoms with Crippen LogP contribution in [0.25, 0.3) is 0 Å². The van der Waals surface area contributed by atoms with Gasteiger partial charge in [-0.2, -0.15) is 0 Å². The van der Waals surface area contributed by atoms with Gasteiger partial charge in [0.15, 0.2) is 0 Å². The van der Waals surface area contributed by atoms with Crippen molar-refractivity contribution in [1.82, 2.24) is 14.8 Å². The van der Waals surface area contributed by atoms with Crippen molar-refractivity contribution in [3.05, 3.63) is 23.5 Å². The van der Waals surface area contributed by atoms with E-state index in [2.05, 4.69) is 9.88 Å². The van der Waals surface area contributed by atoms with Gasteiger partial charge in [0, 0.05) is 39.3 Å². The number of aryl methyl sites for hydroxylation is 1. The number of carbonyl (C=O) groups excluding carboxylic acids is 2. The van der Waals surface area contributed by atoms with Crippen LogP contribution in [-0.2, 0) is 4.74 Å². The Bertz CT molecular complexity index is 700. The van der Waals surface area contributed by atoms with Crippen molar-refractivity contribution < 1.29 is 14.3 Å². The number of likely N-dealkylation sites (tertiary alicyclic amines) is 1. The van der Waals surface area contributed by atoms with Gasteiger partial charge in [-0.15, -0.1) is 0 Å². The lowest BCUT2D eigenvalue weighted by Crippen LogP contribution is -2.50. The maximum absolute atomic E-state index is 12.5. The number of hydrogen-bond acceptors (Lipinski definition) is 5. The lowest BCUT2D eigenvalue weighted by atomic mass is 10.2. The van der Waals surface area contributed by atoms with Gasteiger partial charge in [0.1, 0.15) is 11.3 Å². The summed E-state index contributed by atoms with van der Waals surface area (Å²) in [6.07, 6.45) is 1.89. The van der Waals surface area contributed by atoms with Crippen LogP contribution in [0.15, 0.2) is 12.1 Å². The second-order valence-corrected chi connectivity index (χ2v) is 8.25. The zero-order chi connectivity index (χ0) is 19.6. The average Bonchev–Trinajstić information content (AvgIpc) is 3.14. The fourth-order valence-corrected chi connectivity index (χ4v) is 3.55. The molecular weight excluding hydrogens is 344 g/mol. The predicted octanol–water partition coefficient (Wildman–Crippen LogP) is 2.68. The monoisotopic (exact) mass is 374 g/mol. The molecule has 1 aromatic rings. The minimum Gasteiger partial charge on any atom is -0.444 e. The Morgan fingerprint density at radius 3 is 2.15 bits per heavy atom. The van der Waals surface area contributed by atoms with Crippen molar-refractivity contribution in [2.75, 3.05) is 44.2 Å². The number of pyridine rings is 1. The van der Waals surface area contributed by atoms with Crippen molar-refractivity contribution in [3.63, 3.8) is 0 Å². The van der Waals surface area contributed by atoms with E-state index in [1.165, 1.54) is 0 Å². The second kappa shape index (κ2) is 7.74. The van der Waals surface area contributed by atoms with Gasteiger partial charge >= 0.3 is 6.09 Å². The van der Waals surface area contributed by atoms with Crippen LogP contribution in [0.2, 0.25) is 0 Å². The summed E-state index contributed by atoms with van der Waals surface area (Å²) in [6.45, 7) is 11.9. The Morgan fingerprint density at radius 2 is 1.59 bits per heavy atom. The Labute approximate surface area is 161 Å². The van der Waals surface area contributed by atoms with Crippen LogP contribution in [0.5, 0.6) is 0 Å². The fourth-order valence-electron chi connectivity index (χ4n) is 3.55. The standard InChI is InChI=1S/C20H30N4O3/c1-15-17(8-7-16(21-15)18(25)23-9-5-6-10-23)22-11-13-24(14-12-22)19(26)27-20(2,3)4/h7-8H,5-6,9-14H2,1-4H3. The molecule has 0 radical (unpaired) electrons. The van der Waals surface area contributed by atoms with Gasteiger partial charge in [0.2, 0.25) is 0 Å². The highest BCUT2D eigenvalue weighted by atomic mass is 16.6. The molecule has 0 aliphatic carbocycles. The lowest BCUT2D eigenvalue weighted by Gasteiger charge is -2.37. The Balaban J connectivity index is 1.61. The average molecular weight is 374 g/mol. The molecule has 0 saturated carbocycles. The van der Waals surface area contributed by atoms with Crippen molar-refractivity contribution in [2.24, 2.45) is 0 Å². The first-order valence-electron chi connectivity index (χ1n) is 9.74. The summed E-state index contributed by atoms with van der Waals surface area (Å²) < 4.78 is 5.45. The number of rotatable bonds is 2. The number of aromatic nitrogens is 1. The van der Waals surface area contributed by atoms with E-state index in [1.807, 2.05) is 44.7 Å². The summed E-state index contributed by atoms with van der Waals surface area (Å²) in [4.78, 5) is 35.1. The number of hydrogen-bond donors (Lipinski definition) is 0. The highest BCUT2D eigenvalue weighted by molar-refractivity contribution is 5.92. The third kappa shape index (κ3) is 4.70. The van der Waals surface area contributed by atoms with Crippen LogP contribution in [0.3, 0.4) is 0 Å². The number of carbonyl (C=O) groups is 2. The topological polar surface area (TPSA) is 66.0 Å². The smallest absolute Gasteiger partial charge is 0.410 e. The molecule has 3 rings (SSSR count). The van der Waals surface area contributed by atoms with Gasteiger partial charge < -0.3 is 19.4 Å². The Hall–Kier alpha value is -2.31. The largest absolute Gasteiger partial charge is 0.444 e. The van der Waals surface area contributed by atoms with E-state index in [0.29, 0.717) is 18.8 Å². The molecule has 0 atom stereocenters. The third-order valence-corrected chi connectivity index (χ3v) is 4.94. The SMILES string of the molecule is Cc1nc(C(=O)N2CCCC2)ccc1N1CCN(C(=O)OC(C)(C)C)CC1. The third-order valence-electron chi connectivity index (χ3n) is 4.94. The van der Waals surface area contributed by atoms with Gasteiger partial charge in [-0.3, -0.25) is 4.79 Å². The van der Waals surface area contributed by atoms with E-state index in [1.54, 1.807) is 4.90 Å². The normalized spacial score (nSPS) is 18.0. The van der Waals surface area contributed by atoms with Gasteiger partial charge in [-0.25, -0.2) is 9.78 Å². The number of amides is 2. The molecule has 7 heteroatoms. The molecule has 2 saturated heterocycles. The first kappa shape index (κ1) is 19.5. The van der Waals surface area contributed by atoms with E-state index >= 15 is 0 Å². The summed E-state index contributed by atoms with van der Waals surface area (Å²) in [5.41, 5.74) is 1.92. The van der Waals surface area contributed by atoms with Crippen LogP contribution in [-0.4, -0.2) is 71.7 Å². The molecule has 3 heterocycles. The molecule has 0 spiro atoms. The maximum Gasteiger partial charge on any atom is 0.410 e. The molecule has 2 fully saturated rings. The molecule has 2 amide bonds. The quantitative estimate of drug-likeness (QED) is 0.796. The van der Waals surface area contributed by atoms with E-state index in [4.69, 9.17) is 4.74 Å². The first-order chi connectivity index (χ1) is 12.7. The van der Waals surface area contributed by atoms with Gasteiger partial charge in [-0.05, 0) is 52.7 Å². The Kier molecular flexibility index (Phi) is 5.58. The number of ether oxygens (including phenoxy) is 1. The van der Waals surface area contributed by atoms with Gasteiger partial charge in [0.05, 0.1) is 11.4 Å². The van der Waals surface area contributed by atoms with E-state index in [0.717, 1.165) is 50.4 Å². The maximum atomic E-state index is 12.5. The van der Waals surface area contributed by atoms with Crippen LogP contribution in [0, 0.1) is 6.92 Å². The molecule has 0 N–H and O–H groups in total. The summed E-state index contributed by atoms with van der Waals surface area (Å²) >= 11 is 0. The molecule has 148 valence electrons. The highest BCUT2D eigenvalue weighted by Gasteiger charge is 2.27. The van der Waals surface area contributed by atoms with E-state index in [9.17, 15) is 9.59 Å². The molecule has 1 aromatic heterocycles. The lowest BCUT2D eigenvalue weighted by molar-refractivity contribution is 0.0240. The summed E-state index contributed by atoms with van der Waals surface area (Å²) in [6, 6.07) is 3.80.